The molecule has 23 heavy (non-hydrogen) atoms. The van der Waals surface area contributed by atoms with Gasteiger partial charge >= 0.3 is 0 Å². The molecule has 0 radical (unpaired) electrons. The van der Waals surface area contributed by atoms with E-state index in [9.17, 15) is 14.0 Å². The Morgan fingerprint density at radius 1 is 1.26 bits per heavy atom. The van der Waals surface area contributed by atoms with Gasteiger partial charge in [-0.1, -0.05) is 18.5 Å². The maximum atomic E-state index is 13.6. The van der Waals surface area contributed by atoms with Crippen molar-refractivity contribution in [2.75, 3.05) is 38.0 Å². The first-order valence-electron chi connectivity index (χ1n) is 7.74. The predicted octanol–water partition coefficient (Wildman–Crippen LogP) is 2.36. The molecular formula is C16H21ClFN3O2. The molecule has 0 unspecified atom stereocenters. The van der Waals surface area contributed by atoms with Gasteiger partial charge in [-0.3, -0.25) is 14.5 Å². The summed E-state index contributed by atoms with van der Waals surface area (Å²) in [6, 6.07) is 4.04. The minimum atomic E-state index is -0.515. The molecule has 1 fully saturated rings. The fourth-order valence-corrected chi connectivity index (χ4v) is 2.76. The van der Waals surface area contributed by atoms with Crippen molar-refractivity contribution in [3.63, 3.8) is 0 Å². The highest BCUT2D eigenvalue weighted by molar-refractivity contribution is 6.30. The van der Waals surface area contributed by atoms with Crippen LogP contribution in [0.1, 0.15) is 19.8 Å². The van der Waals surface area contributed by atoms with Gasteiger partial charge in [0.15, 0.2) is 0 Å². The van der Waals surface area contributed by atoms with Crippen LogP contribution in [-0.2, 0) is 9.59 Å². The normalized spacial score (nSPS) is 16.0. The number of nitrogens with zero attached hydrogens (tertiary/aromatic N) is 2. The number of hydrogen-bond donors (Lipinski definition) is 1. The molecule has 0 aromatic heterocycles. The molecule has 2 amide bonds. The van der Waals surface area contributed by atoms with Gasteiger partial charge in [-0.2, -0.15) is 0 Å². The van der Waals surface area contributed by atoms with Gasteiger partial charge in [0, 0.05) is 37.6 Å². The second-order valence-corrected chi connectivity index (χ2v) is 5.97. The molecule has 5 nitrogen and oxygen atoms in total. The summed E-state index contributed by atoms with van der Waals surface area (Å²) in [4.78, 5) is 27.6. The lowest BCUT2D eigenvalue weighted by Gasteiger charge is -2.21. The van der Waals surface area contributed by atoms with Crippen LogP contribution in [0.4, 0.5) is 10.1 Å². The van der Waals surface area contributed by atoms with Crippen molar-refractivity contribution in [1.29, 1.82) is 0 Å². The lowest BCUT2D eigenvalue weighted by Crippen LogP contribution is -2.37. The van der Waals surface area contributed by atoms with E-state index in [-0.39, 0.29) is 24.0 Å². The molecule has 126 valence electrons. The van der Waals surface area contributed by atoms with Crippen molar-refractivity contribution in [2.24, 2.45) is 0 Å². The fraction of sp³-hybridized carbons (Fsp3) is 0.500. The molecule has 7 heteroatoms. The van der Waals surface area contributed by atoms with Crippen molar-refractivity contribution >= 4 is 29.1 Å². The Morgan fingerprint density at radius 3 is 2.78 bits per heavy atom. The summed E-state index contributed by atoms with van der Waals surface area (Å²) in [5.74, 6) is -0.669. The summed E-state index contributed by atoms with van der Waals surface area (Å²) in [7, 11) is 0. The highest BCUT2D eigenvalue weighted by Crippen LogP contribution is 2.19. The topological polar surface area (TPSA) is 52.7 Å². The fourth-order valence-electron chi connectivity index (χ4n) is 2.59. The zero-order chi connectivity index (χ0) is 16.8. The van der Waals surface area contributed by atoms with Gasteiger partial charge in [-0.15, -0.1) is 0 Å². The SMILES string of the molecule is CCC(=O)N1CCCN(CC(=O)Nc2cc(Cl)ccc2F)CC1. The van der Waals surface area contributed by atoms with Crippen LogP contribution in [-0.4, -0.2) is 54.3 Å². The average Bonchev–Trinajstić information content (AvgIpc) is 2.75. The van der Waals surface area contributed by atoms with Gasteiger partial charge in [-0.05, 0) is 24.6 Å². The number of halogens is 2. The maximum absolute atomic E-state index is 13.6. The molecular weight excluding hydrogens is 321 g/mol. The zero-order valence-corrected chi connectivity index (χ0v) is 13.9. The van der Waals surface area contributed by atoms with E-state index < -0.39 is 5.82 Å². The number of rotatable bonds is 4. The summed E-state index contributed by atoms with van der Waals surface area (Å²) < 4.78 is 13.6. The Morgan fingerprint density at radius 2 is 2.04 bits per heavy atom. The molecule has 2 rings (SSSR count). The molecule has 0 atom stereocenters. The van der Waals surface area contributed by atoms with Crippen molar-refractivity contribution in [2.45, 2.75) is 19.8 Å². The molecule has 0 aliphatic carbocycles. The number of benzene rings is 1. The highest BCUT2D eigenvalue weighted by atomic mass is 35.5. The van der Waals surface area contributed by atoms with Crippen LogP contribution in [0.25, 0.3) is 0 Å². The monoisotopic (exact) mass is 341 g/mol. The van der Waals surface area contributed by atoms with Crippen LogP contribution in [0.3, 0.4) is 0 Å². The van der Waals surface area contributed by atoms with Crippen molar-refractivity contribution in [3.8, 4) is 0 Å². The molecule has 1 N–H and O–H groups in total. The quantitative estimate of drug-likeness (QED) is 0.914. The van der Waals surface area contributed by atoms with Gasteiger partial charge < -0.3 is 10.2 Å². The second kappa shape index (κ2) is 8.26. The zero-order valence-electron chi connectivity index (χ0n) is 13.1. The van der Waals surface area contributed by atoms with E-state index in [0.717, 1.165) is 13.0 Å². The molecule has 1 aliphatic rings. The van der Waals surface area contributed by atoms with Crippen LogP contribution >= 0.6 is 11.6 Å². The molecule has 1 aromatic rings. The van der Waals surface area contributed by atoms with E-state index in [2.05, 4.69) is 5.32 Å². The molecule has 1 heterocycles. The summed E-state index contributed by atoms with van der Waals surface area (Å²) in [5, 5.41) is 2.91. The van der Waals surface area contributed by atoms with E-state index in [4.69, 9.17) is 11.6 Å². The van der Waals surface area contributed by atoms with Crippen LogP contribution in [0.15, 0.2) is 18.2 Å². The van der Waals surface area contributed by atoms with Gasteiger partial charge in [-0.25, -0.2) is 4.39 Å². The van der Waals surface area contributed by atoms with Crippen molar-refractivity contribution in [3.05, 3.63) is 29.0 Å². The standard InChI is InChI=1S/C16H21ClFN3O2/c1-2-16(23)21-7-3-6-20(8-9-21)11-15(22)19-14-10-12(17)4-5-13(14)18/h4-5,10H,2-3,6-9,11H2,1H3,(H,19,22). The lowest BCUT2D eigenvalue weighted by molar-refractivity contribution is -0.130. The number of nitrogens with one attached hydrogen (secondary N) is 1. The lowest BCUT2D eigenvalue weighted by atomic mass is 10.3. The largest absolute Gasteiger partial charge is 0.341 e. The predicted molar refractivity (Wildman–Crippen MR) is 88.0 cm³/mol. The summed E-state index contributed by atoms with van der Waals surface area (Å²) >= 11 is 5.81. The third kappa shape index (κ3) is 5.18. The van der Waals surface area contributed by atoms with Crippen LogP contribution < -0.4 is 5.32 Å². The average molecular weight is 342 g/mol. The van der Waals surface area contributed by atoms with Crippen LogP contribution in [0, 0.1) is 5.82 Å². The minimum absolute atomic E-state index is 0.0834. The highest BCUT2D eigenvalue weighted by Gasteiger charge is 2.19. The van der Waals surface area contributed by atoms with E-state index in [1.807, 2.05) is 16.7 Å². The van der Waals surface area contributed by atoms with E-state index in [1.54, 1.807) is 0 Å². The van der Waals surface area contributed by atoms with Crippen molar-refractivity contribution in [1.82, 2.24) is 9.80 Å². The van der Waals surface area contributed by atoms with E-state index in [0.29, 0.717) is 31.1 Å². The Bertz CT molecular complexity index is 582. The van der Waals surface area contributed by atoms with Crippen LogP contribution in [0.2, 0.25) is 5.02 Å². The Kier molecular flexibility index (Phi) is 6.36. The third-order valence-electron chi connectivity index (χ3n) is 3.81. The molecule has 1 saturated heterocycles. The molecule has 0 saturated carbocycles. The first-order valence-corrected chi connectivity index (χ1v) is 8.12. The van der Waals surface area contributed by atoms with Gasteiger partial charge in [0.05, 0.1) is 12.2 Å². The first-order chi connectivity index (χ1) is 11.0. The number of hydrogen-bond acceptors (Lipinski definition) is 3. The third-order valence-corrected chi connectivity index (χ3v) is 4.05. The number of carbonyl (C=O) groups is 2. The van der Waals surface area contributed by atoms with Gasteiger partial charge in [0.2, 0.25) is 11.8 Å². The number of amides is 2. The molecule has 1 aromatic carbocycles. The summed E-state index contributed by atoms with van der Waals surface area (Å²) in [5.41, 5.74) is 0.0834. The maximum Gasteiger partial charge on any atom is 0.238 e. The van der Waals surface area contributed by atoms with Crippen molar-refractivity contribution < 1.29 is 14.0 Å². The number of anilines is 1. The smallest absolute Gasteiger partial charge is 0.238 e. The van der Waals surface area contributed by atoms with E-state index >= 15 is 0 Å². The molecule has 1 aliphatic heterocycles. The molecule has 0 spiro atoms. The Labute approximate surface area is 140 Å². The second-order valence-electron chi connectivity index (χ2n) is 5.54. The molecule has 0 bridgehead atoms. The number of carbonyl (C=O) groups excluding carboxylic acids is 2. The first kappa shape index (κ1) is 17.7. The van der Waals surface area contributed by atoms with Gasteiger partial charge in [0.25, 0.3) is 0 Å². The summed E-state index contributed by atoms with van der Waals surface area (Å²) in [6.45, 7) is 4.72. The summed E-state index contributed by atoms with van der Waals surface area (Å²) in [6.07, 6.45) is 1.32. The van der Waals surface area contributed by atoms with E-state index in [1.165, 1.54) is 18.2 Å². The van der Waals surface area contributed by atoms with Gasteiger partial charge in [0.1, 0.15) is 5.82 Å². The van der Waals surface area contributed by atoms with Crippen LogP contribution in [0.5, 0.6) is 0 Å². The minimum Gasteiger partial charge on any atom is -0.341 e. The Hall–Kier alpha value is -1.66. The Balaban J connectivity index is 1.88.